The average molecular weight is 308 g/mol. The van der Waals surface area contributed by atoms with Gasteiger partial charge < -0.3 is 4.98 Å². The minimum absolute atomic E-state index is 0.166. The number of aromatic nitrogens is 1. The molecule has 0 saturated carbocycles. The summed E-state index contributed by atoms with van der Waals surface area (Å²) in [4.78, 5) is 5.79. The first kappa shape index (κ1) is 14.5. The van der Waals surface area contributed by atoms with Gasteiger partial charge in [-0.05, 0) is 73.8 Å². The highest BCUT2D eigenvalue weighted by Gasteiger charge is 2.34. The van der Waals surface area contributed by atoms with Crippen LogP contribution in [0.15, 0.2) is 48.5 Å². The Kier molecular flexibility index (Phi) is 3.46. The highest BCUT2D eigenvalue weighted by Crippen LogP contribution is 2.43. The van der Waals surface area contributed by atoms with E-state index >= 15 is 0 Å². The molecule has 1 saturated heterocycles. The van der Waals surface area contributed by atoms with Crippen molar-refractivity contribution >= 4 is 10.9 Å². The fourth-order valence-corrected chi connectivity index (χ4v) is 3.97. The lowest BCUT2D eigenvalue weighted by molar-refractivity contribution is 0.304. The lowest BCUT2D eigenvalue weighted by atomic mass is 9.87. The second-order valence-electron chi connectivity index (χ2n) is 6.67. The summed E-state index contributed by atoms with van der Waals surface area (Å²) < 4.78 is 13.2. The molecule has 0 spiro atoms. The van der Waals surface area contributed by atoms with Crippen molar-refractivity contribution in [2.75, 3.05) is 13.6 Å². The number of aromatic amines is 1. The summed E-state index contributed by atoms with van der Waals surface area (Å²) in [5.74, 6) is 0.249. The van der Waals surface area contributed by atoms with Crippen molar-refractivity contribution in [1.29, 1.82) is 0 Å². The molecule has 118 valence electrons. The molecule has 1 aliphatic rings. The van der Waals surface area contributed by atoms with Gasteiger partial charge in [0.15, 0.2) is 0 Å². The molecule has 0 amide bonds. The zero-order valence-electron chi connectivity index (χ0n) is 13.5. The molecule has 2 unspecified atom stereocenters. The Labute approximate surface area is 135 Å². The van der Waals surface area contributed by atoms with Gasteiger partial charge in [-0.3, -0.25) is 4.90 Å². The van der Waals surface area contributed by atoms with E-state index in [9.17, 15) is 4.39 Å². The van der Waals surface area contributed by atoms with E-state index < -0.39 is 0 Å². The van der Waals surface area contributed by atoms with Gasteiger partial charge in [-0.15, -0.1) is 0 Å². The Morgan fingerprint density at radius 2 is 1.78 bits per heavy atom. The summed E-state index contributed by atoms with van der Waals surface area (Å²) in [6, 6.07) is 16.2. The number of aryl methyl sites for hydroxylation is 1. The molecule has 0 radical (unpaired) electrons. The number of hydrogen-bond donors (Lipinski definition) is 1. The maximum absolute atomic E-state index is 13.2. The number of hydrogen-bond acceptors (Lipinski definition) is 1. The van der Waals surface area contributed by atoms with Gasteiger partial charge in [-0.2, -0.15) is 0 Å². The van der Waals surface area contributed by atoms with Crippen LogP contribution in [0.1, 0.15) is 35.2 Å². The molecule has 0 bridgehead atoms. The summed E-state index contributed by atoms with van der Waals surface area (Å²) in [5.41, 5.74) is 4.94. The molecule has 1 fully saturated rings. The molecule has 3 aromatic rings. The second-order valence-corrected chi connectivity index (χ2v) is 6.67. The van der Waals surface area contributed by atoms with Crippen LogP contribution >= 0.6 is 0 Å². The zero-order chi connectivity index (χ0) is 16.0. The maximum atomic E-state index is 13.2. The predicted molar refractivity (Wildman–Crippen MR) is 92.2 cm³/mol. The van der Waals surface area contributed by atoms with E-state index in [0.717, 1.165) is 13.0 Å². The average Bonchev–Trinajstić information content (AvgIpc) is 3.09. The SMILES string of the molecule is Cc1cc2cc(C3C(c4ccc(F)cc4)CCN3C)ccc2[nH]1. The van der Waals surface area contributed by atoms with Gasteiger partial charge in [0.2, 0.25) is 0 Å². The van der Waals surface area contributed by atoms with E-state index in [0.29, 0.717) is 12.0 Å². The minimum atomic E-state index is -0.166. The molecule has 1 N–H and O–H groups in total. The quantitative estimate of drug-likeness (QED) is 0.722. The number of rotatable bonds is 2. The summed E-state index contributed by atoms with van der Waals surface area (Å²) >= 11 is 0. The Morgan fingerprint density at radius 3 is 2.57 bits per heavy atom. The van der Waals surface area contributed by atoms with Crippen molar-refractivity contribution < 1.29 is 4.39 Å². The first-order valence-electron chi connectivity index (χ1n) is 8.17. The monoisotopic (exact) mass is 308 g/mol. The molecule has 4 rings (SSSR count). The standard InChI is InChI=1S/C20H21FN2/c1-13-11-16-12-15(5-8-19(16)22-13)20-18(9-10-23(20)2)14-3-6-17(21)7-4-14/h3-8,11-12,18,20,22H,9-10H2,1-2H3. The third kappa shape index (κ3) is 2.55. The van der Waals surface area contributed by atoms with Crippen LogP contribution in [0.25, 0.3) is 10.9 Å². The number of likely N-dealkylation sites (tertiary alicyclic amines) is 1. The number of nitrogens with one attached hydrogen (secondary N) is 1. The highest BCUT2D eigenvalue weighted by atomic mass is 19.1. The fraction of sp³-hybridized carbons (Fsp3) is 0.300. The first-order chi connectivity index (χ1) is 11.1. The van der Waals surface area contributed by atoms with E-state index in [2.05, 4.69) is 48.1 Å². The molecule has 2 atom stereocenters. The summed E-state index contributed by atoms with van der Waals surface area (Å²) in [7, 11) is 2.18. The number of benzene rings is 2. The summed E-state index contributed by atoms with van der Waals surface area (Å²) in [6.07, 6.45) is 1.11. The molecular weight excluding hydrogens is 287 g/mol. The molecule has 1 aromatic heterocycles. The molecule has 2 heterocycles. The van der Waals surface area contributed by atoms with Gasteiger partial charge in [0.25, 0.3) is 0 Å². The molecule has 2 nitrogen and oxygen atoms in total. The molecule has 3 heteroatoms. The van der Waals surface area contributed by atoms with Crippen molar-refractivity contribution in [3.8, 4) is 0 Å². The fourth-order valence-electron chi connectivity index (χ4n) is 3.97. The predicted octanol–water partition coefficient (Wildman–Crippen LogP) is 4.78. The smallest absolute Gasteiger partial charge is 0.123 e. The lowest BCUT2D eigenvalue weighted by Crippen LogP contribution is -2.20. The van der Waals surface area contributed by atoms with Crippen LogP contribution < -0.4 is 0 Å². The largest absolute Gasteiger partial charge is 0.359 e. The van der Waals surface area contributed by atoms with Gasteiger partial charge in [0.1, 0.15) is 5.82 Å². The van der Waals surface area contributed by atoms with Crippen LogP contribution in [0.2, 0.25) is 0 Å². The Morgan fingerprint density at radius 1 is 1.04 bits per heavy atom. The normalized spacial score (nSPS) is 22.0. The lowest BCUT2D eigenvalue weighted by Gasteiger charge is -2.26. The van der Waals surface area contributed by atoms with Crippen molar-refractivity contribution in [3.05, 3.63) is 71.2 Å². The van der Waals surface area contributed by atoms with Crippen molar-refractivity contribution in [2.24, 2.45) is 0 Å². The Hall–Kier alpha value is -2.13. The number of halogens is 1. The van der Waals surface area contributed by atoms with Crippen molar-refractivity contribution in [3.63, 3.8) is 0 Å². The van der Waals surface area contributed by atoms with Crippen LogP contribution in [0.4, 0.5) is 4.39 Å². The van der Waals surface area contributed by atoms with E-state index in [1.807, 2.05) is 12.1 Å². The van der Waals surface area contributed by atoms with Gasteiger partial charge in [-0.1, -0.05) is 18.2 Å². The van der Waals surface area contributed by atoms with Crippen molar-refractivity contribution in [2.45, 2.75) is 25.3 Å². The van der Waals surface area contributed by atoms with Gasteiger partial charge in [-0.25, -0.2) is 4.39 Å². The number of likely N-dealkylation sites (N-methyl/N-ethyl adjacent to an activating group) is 1. The van der Waals surface area contributed by atoms with Crippen LogP contribution in [0, 0.1) is 12.7 Å². The Bertz CT molecular complexity index is 834. The van der Waals surface area contributed by atoms with Gasteiger partial charge >= 0.3 is 0 Å². The third-order valence-electron chi connectivity index (χ3n) is 5.07. The second kappa shape index (κ2) is 5.50. The van der Waals surface area contributed by atoms with Gasteiger partial charge in [0.05, 0.1) is 0 Å². The maximum Gasteiger partial charge on any atom is 0.123 e. The van der Waals surface area contributed by atoms with E-state index in [1.54, 1.807) is 12.1 Å². The van der Waals surface area contributed by atoms with E-state index in [4.69, 9.17) is 0 Å². The number of nitrogens with zero attached hydrogens (tertiary/aromatic N) is 1. The first-order valence-corrected chi connectivity index (χ1v) is 8.17. The van der Waals surface area contributed by atoms with E-state index in [1.165, 1.54) is 27.7 Å². The van der Waals surface area contributed by atoms with E-state index in [-0.39, 0.29) is 5.82 Å². The summed E-state index contributed by atoms with van der Waals surface area (Å²) in [6.45, 7) is 3.15. The molecular formula is C20H21FN2. The Balaban J connectivity index is 1.74. The molecule has 23 heavy (non-hydrogen) atoms. The molecule has 2 aromatic carbocycles. The van der Waals surface area contributed by atoms with Crippen LogP contribution in [-0.4, -0.2) is 23.5 Å². The van der Waals surface area contributed by atoms with Gasteiger partial charge in [0, 0.05) is 23.2 Å². The number of fused-ring (bicyclic) bond motifs is 1. The molecule has 0 aliphatic carbocycles. The van der Waals surface area contributed by atoms with Crippen molar-refractivity contribution in [1.82, 2.24) is 9.88 Å². The zero-order valence-corrected chi connectivity index (χ0v) is 13.5. The third-order valence-corrected chi connectivity index (χ3v) is 5.07. The number of H-pyrrole nitrogens is 1. The highest BCUT2D eigenvalue weighted by molar-refractivity contribution is 5.81. The summed E-state index contributed by atoms with van der Waals surface area (Å²) in [5, 5.41) is 1.26. The minimum Gasteiger partial charge on any atom is -0.359 e. The topological polar surface area (TPSA) is 19.0 Å². The van der Waals surface area contributed by atoms with Crippen LogP contribution in [0.5, 0.6) is 0 Å². The van der Waals surface area contributed by atoms with Crippen LogP contribution in [-0.2, 0) is 0 Å². The van der Waals surface area contributed by atoms with Crippen LogP contribution in [0.3, 0.4) is 0 Å². The molecule has 1 aliphatic heterocycles.